The van der Waals surface area contributed by atoms with Crippen molar-refractivity contribution in [3.63, 3.8) is 0 Å². The Labute approximate surface area is 146 Å². The van der Waals surface area contributed by atoms with Crippen LogP contribution in [0.1, 0.15) is 50.0 Å². The molecule has 0 radical (unpaired) electrons. The molecule has 0 bridgehead atoms. The standard InChI is InChI=1S/C19H23FN2O3/c1-11-15-10-14(20)7-8-16(15)25-18(11)12(2)22-17(23)4-3-9-21-19(24)13-5-6-13/h7-8,10,12-13H,3-6,9H2,1-2H3,(H,21,24)(H,22,23)/t12-/m0/s1. The summed E-state index contributed by atoms with van der Waals surface area (Å²) >= 11 is 0. The highest BCUT2D eigenvalue weighted by molar-refractivity contribution is 5.83. The molecule has 0 aliphatic heterocycles. The van der Waals surface area contributed by atoms with Gasteiger partial charge in [-0.2, -0.15) is 0 Å². The van der Waals surface area contributed by atoms with Crippen LogP contribution in [-0.2, 0) is 9.59 Å². The lowest BCUT2D eigenvalue weighted by atomic mass is 10.1. The van der Waals surface area contributed by atoms with Gasteiger partial charge in [-0.05, 0) is 51.3 Å². The minimum atomic E-state index is -0.312. The van der Waals surface area contributed by atoms with Gasteiger partial charge < -0.3 is 15.1 Å². The van der Waals surface area contributed by atoms with E-state index in [2.05, 4.69) is 10.6 Å². The number of fused-ring (bicyclic) bond motifs is 1. The maximum Gasteiger partial charge on any atom is 0.223 e. The Morgan fingerprint density at radius 1 is 1.36 bits per heavy atom. The highest BCUT2D eigenvalue weighted by Gasteiger charge is 2.29. The minimum Gasteiger partial charge on any atom is -0.459 e. The lowest BCUT2D eigenvalue weighted by molar-refractivity contribution is -0.123. The molecule has 1 fully saturated rings. The quantitative estimate of drug-likeness (QED) is 0.755. The molecule has 1 atom stereocenters. The molecular weight excluding hydrogens is 323 g/mol. The molecule has 2 amide bonds. The van der Waals surface area contributed by atoms with E-state index in [0.717, 1.165) is 23.8 Å². The van der Waals surface area contributed by atoms with E-state index in [-0.39, 0.29) is 29.6 Å². The van der Waals surface area contributed by atoms with Gasteiger partial charge in [0.15, 0.2) is 0 Å². The first-order valence-electron chi connectivity index (χ1n) is 8.71. The van der Waals surface area contributed by atoms with Gasteiger partial charge in [0, 0.05) is 29.8 Å². The van der Waals surface area contributed by atoms with Crippen molar-refractivity contribution in [3.05, 3.63) is 35.3 Å². The van der Waals surface area contributed by atoms with E-state index in [9.17, 15) is 14.0 Å². The number of halogens is 1. The number of carbonyl (C=O) groups is 2. The lowest BCUT2D eigenvalue weighted by Crippen LogP contribution is -2.29. The van der Waals surface area contributed by atoms with Crippen molar-refractivity contribution in [2.45, 2.75) is 45.6 Å². The normalized spacial score (nSPS) is 15.2. The first kappa shape index (κ1) is 17.5. The van der Waals surface area contributed by atoms with Gasteiger partial charge in [-0.3, -0.25) is 9.59 Å². The van der Waals surface area contributed by atoms with E-state index >= 15 is 0 Å². The molecule has 1 heterocycles. The highest BCUT2D eigenvalue weighted by atomic mass is 19.1. The molecule has 1 aromatic heterocycles. The van der Waals surface area contributed by atoms with Crippen molar-refractivity contribution < 1.29 is 18.4 Å². The van der Waals surface area contributed by atoms with Crippen molar-refractivity contribution in [2.24, 2.45) is 5.92 Å². The summed E-state index contributed by atoms with van der Waals surface area (Å²) in [5, 5.41) is 6.46. The van der Waals surface area contributed by atoms with Crippen molar-refractivity contribution in [2.75, 3.05) is 6.54 Å². The second kappa shape index (κ2) is 7.25. The Bertz CT molecular complexity index is 795. The third kappa shape index (κ3) is 4.18. The van der Waals surface area contributed by atoms with Crippen LogP contribution in [0.3, 0.4) is 0 Å². The van der Waals surface area contributed by atoms with Crippen LogP contribution in [0.4, 0.5) is 4.39 Å². The van der Waals surface area contributed by atoms with Crippen molar-refractivity contribution in [1.82, 2.24) is 10.6 Å². The van der Waals surface area contributed by atoms with Crippen LogP contribution in [0.25, 0.3) is 11.0 Å². The number of aryl methyl sites for hydroxylation is 1. The lowest BCUT2D eigenvalue weighted by Gasteiger charge is -2.12. The molecule has 0 saturated heterocycles. The minimum absolute atomic E-state index is 0.0962. The zero-order chi connectivity index (χ0) is 18.0. The number of carbonyl (C=O) groups excluding carboxylic acids is 2. The van der Waals surface area contributed by atoms with Crippen LogP contribution in [0.15, 0.2) is 22.6 Å². The number of amides is 2. The number of rotatable bonds is 7. The van der Waals surface area contributed by atoms with E-state index < -0.39 is 0 Å². The second-order valence-corrected chi connectivity index (χ2v) is 6.69. The molecule has 1 aromatic carbocycles. The van der Waals surface area contributed by atoms with Gasteiger partial charge in [0.1, 0.15) is 17.2 Å². The molecule has 1 aliphatic carbocycles. The van der Waals surface area contributed by atoms with Crippen LogP contribution >= 0.6 is 0 Å². The third-order valence-corrected chi connectivity index (χ3v) is 4.53. The number of benzene rings is 1. The first-order chi connectivity index (χ1) is 12.0. The predicted molar refractivity (Wildman–Crippen MR) is 92.4 cm³/mol. The smallest absolute Gasteiger partial charge is 0.223 e. The molecule has 1 saturated carbocycles. The molecule has 134 valence electrons. The van der Waals surface area contributed by atoms with Gasteiger partial charge in [0.05, 0.1) is 6.04 Å². The van der Waals surface area contributed by atoms with Crippen LogP contribution in [0, 0.1) is 18.7 Å². The average molecular weight is 346 g/mol. The second-order valence-electron chi connectivity index (χ2n) is 6.69. The Kier molecular flexibility index (Phi) is 5.06. The topological polar surface area (TPSA) is 71.3 Å². The molecule has 0 spiro atoms. The molecule has 25 heavy (non-hydrogen) atoms. The predicted octanol–water partition coefficient (Wildman–Crippen LogP) is 3.36. The maximum atomic E-state index is 13.4. The van der Waals surface area contributed by atoms with Crippen LogP contribution in [-0.4, -0.2) is 18.4 Å². The Morgan fingerprint density at radius 2 is 2.12 bits per heavy atom. The van der Waals surface area contributed by atoms with Crippen molar-refractivity contribution >= 4 is 22.8 Å². The summed E-state index contributed by atoms with van der Waals surface area (Å²) in [4.78, 5) is 23.6. The summed E-state index contributed by atoms with van der Waals surface area (Å²) < 4.78 is 19.1. The van der Waals surface area contributed by atoms with Gasteiger partial charge in [0.2, 0.25) is 11.8 Å². The van der Waals surface area contributed by atoms with Gasteiger partial charge in [-0.25, -0.2) is 4.39 Å². The van der Waals surface area contributed by atoms with Crippen LogP contribution < -0.4 is 10.6 Å². The van der Waals surface area contributed by atoms with Crippen LogP contribution in [0.2, 0.25) is 0 Å². The summed E-state index contributed by atoms with van der Waals surface area (Å²) in [7, 11) is 0. The Balaban J connectivity index is 1.51. The molecule has 6 heteroatoms. The summed E-state index contributed by atoms with van der Waals surface area (Å²) in [5.41, 5.74) is 1.44. The van der Waals surface area contributed by atoms with E-state index in [4.69, 9.17) is 4.42 Å². The van der Waals surface area contributed by atoms with Gasteiger partial charge >= 0.3 is 0 Å². The first-order valence-corrected chi connectivity index (χ1v) is 8.71. The molecular formula is C19H23FN2O3. The maximum absolute atomic E-state index is 13.4. The number of furan rings is 1. The summed E-state index contributed by atoms with van der Waals surface area (Å²) in [6.45, 7) is 4.21. The molecule has 0 unspecified atom stereocenters. The van der Waals surface area contributed by atoms with E-state index in [1.54, 1.807) is 6.07 Å². The summed E-state index contributed by atoms with van der Waals surface area (Å²) in [6.07, 6.45) is 2.89. The molecule has 1 aliphatic rings. The van der Waals surface area contributed by atoms with Crippen LogP contribution in [0.5, 0.6) is 0 Å². The summed E-state index contributed by atoms with van der Waals surface area (Å²) in [6, 6.07) is 4.09. The largest absolute Gasteiger partial charge is 0.459 e. The molecule has 3 rings (SSSR count). The fraction of sp³-hybridized carbons (Fsp3) is 0.474. The number of hydrogen-bond acceptors (Lipinski definition) is 3. The van der Waals surface area contributed by atoms with Gasteiger partial charge in [-0.15, -0.1) is 0 Å². The SMILES string of the molecule is Cc1c([C@H](C)NC(=O)CCCNC(=O)C2CC2)oc2ccc(F)cc12. The van der Waals surface area contributed by atoms with Gasteiger partial charge in [0.25, 0.3) is 0 Å². The zero-order valence-electron chi connectivity index (χ0n) is 14.5. The third-order valence-electron chi connectivity index (χ3n) is 4.53. The molecule has 2 aromatic rings. The monoisotopic (exact) mass is 346 g/mol. The average Bonchev–Trinajstić information content (AvgIpc) is 3.37. The summed E-state index contributed by atoms with van der Waals surface area (Å²) in [5.74, 6) is 0.511. The molecule has 5 nitrogen and oxygen atoms in total. The Hall–Kier alpha value is -2.37. The number of nitrogens with one attached hydrogen (secondary N) is 2. The van der Waals surface area contributed by atoms with E-state index in [0.29, 0.717) is 30.7 Å². The van der Waals surface area contributed by atoms with Crippen molar-refractivity contribution in [1.29, 1.82) is 0 Å². The van der Waals surface area contributed by atoms with E-state index in [1.807, 2.05) is 13.8 Å². The molecule has 2 N–H and O–H groups in total. The highest BCUT2D eigenvalue weighted by Crippen LogP contribution is 2.30. The fourth-order valence-electron chi connectivity index (χ4n) is 2.95. The van der Waals surface area contributed by atoms with E-state index in [1.165, 1.54) is 12.1 Å². The number of hydrogen-bond donors (Lipinski definition) is 2. The van der Waals surface area contributed by atoms with Gasteiger partial charge in [-0.1, -0.05) is 0 Å². The fourth-order valence-corrected chi connectivity index (χ4v) is 2.95. The Morgan fingerprint density at radius 3 is 2.84 bits per heavy atom. The van der Waals surface area contributed by atoms with Crippen molar-refractivity contribution in [3.8, 4) is 0 Å². The zero-order valence-corrected chi connectivity index (χ0v) is 14.5.